The molecule has 0 unspecified atom stereocenters. The Morgan fingerprint density at radius 2 is 2.47 bits per heavy atom. The van der Waals surface area contributed by atoms with Crippen molar-refractivity contribution in [1.29, 1.82) is 0 Å². The van der Waals surface area contributed by atoms with Crippen molar-refractivity contribution in [3.05, 3.63) is 23.9 Å². The molecule has 1 saturated carbocycles. The van der Waals surface area contributed by atoms with Crippen molar-refractivity contribution in [2.45, 2.75) is 31.9 Å². The molecule has 0 amide bonds. The second kappa shape index (κ2) is 5.52. The Hall–Kier alpha value is -1.78. The zero-order valence-electron chi connectivity index (χ0n) is 10.0. The summed E-state index contributed by atoms with van der Waals surface area (Å²) in [6.07, 6.45) is 5.65. The quantitative estimate of drug-likeness (QED) is 0.603. The van der Waals surface area contributed by atoms with Gasteiger partial charge < -0.3 is 15.8 Å². The van der Waals surface area contributed by atoms with E-state index >= 15 is 0 Å². The van der Waals surface area contributed by atoms with Gasteiger partial charge in [0.05, 0.1) is 0 Å². The number of guanidine groups is 1. The van der Waals surface area contributed by atoms with Crippen LogP contribution in [0.4, 0.5) is 0 Å². The van der Waals surface area contributed by atoms with Gasteiger partial charge in [-0.2, -0.15) is 0 Å². The van der Waals surface area contributed by atoms with Crippen LogP contribution >= 0.6 is 0 Å². The first-order valence-corrected chi connectivity index (χ1v) is 5.85. The third-order valence-corrected chi connectivity index (χ3v) is 2.85. The number of hydrogen-bond acceptors (Lipinski definition) is 3. The topological polar surface area (TPSA) is 72.5 Å². The molecule has 1 aliphatic rings. The molecule has 0 aliphatic heterocycles. The summed E-state index contributed by atoms with van der Waals surface area (Å²) in [5.41, 5.74) is 6.65. The lowest BCUT2D eigenvalue weighted by atomic mass is 9.96. The molecule has 5 heteroatoms. The molecule has 3 N–H and O–H groups in total. The fourth-order valence-electron chi connectivity index (χ4n) is 1.56. The molecule has 1 aromatic heterocycles. The maximum Gasteiger partial charge on any atom is 0.213 e. The van der Waals surface area contributed by atoms with Crippen LogP contribution in [0.5, 0.6) is 5.88 Å². The third kappa shape index (κ3) is 3.34. The van der Waals surface area contributed by atoms with Crippen LogP contribution in [0, 0.1) is 0 Å². The Morgan fingerprint density at radius 1 is 1.65 bits per heavy atom. The number of rotatable bonds is 4. The Balaban J connectivity index is 1.91. The molecule has 17 heavy (non-hydrogen) atoms. The normalized spacial score (nSPS) is 16.4. The number of pyridine rings is 1. The predicted octanol–water partition coefficient (Wildman–Crippen LogP) is 1.05. The van der Waals surface area contributed by atoms with Gasteiger partial charge in [0.2, 0.25) is 5.88 Å². The highest BCUT2D eigenvalue weighted by Gasteiger charge is 2.19. The van der Waals surface area contributed by atoms with Crippen molar-refractivity contribution in [1.82, 2.24) is 10.3 Å². The summed E-state index contributed by atoms with van der Waals surface area (Å²) in [4.78, 5) is 8.03. The molecule has 1 fully saturated rings. The maximum absolute atomic E-state index is 5.72. The van der Waals surface area contributed by atoms with Crippen LogP contribution in [-0.4, -0.2) is 24.1 Å². The van der Waals surface area contributed by atoms with E-state index in [0.29, 0.717) is 24.5 Å². The van der Waals surface area contributed by atoms with Gasteiger partial charge in [-0.1, -0.05) is 0 Å². The number of ether oxygens (including phenoxy) is 1. The molecule has 1 aromatic rings. The average Bonchev–Trinajstić information content (AvgIpc) is 2.31. The fraction of sp³-hybridized carbons (Fsp3) is 0.500. The SMILES string of the molecule is CN=C(N)NCc1ccnc(OC2CCC2)c1. The predicted molar refractivity (Wildman–Crippen MR) is 66.9 cm³/mol. The van der Waals surface area contributed by atoms with Crippen molar-refractivity contribution >= 4 is 5.96 Å². The van der Waals surface area contributed by atoms with Crippen LogP contribution in [0.25, 0.3) is 0 Å². The lowest BCUT2D eigenvalue weighted by Crippen LogP contribution is -2.30. The second-order valence-corrected chi connectivity index (χ2v) is 4.14. The first kappa shape index (κ1) is 11.7. The van der Waals surface area contributed by atoms with Crippen molar-refractivity contribution in [2.75, 3.05) is 7.05 Å². The highest BCUT2D eigenvalue weighted by atomic mass is 16.5. The minimum atomic E-state index is 0.355. The average molecular weight is 234 g/mol. The van der Waals surface area contributed by atoms with Crippen molar-refractivity contribution < 1.29 is 4.74 Å². The van der Waals surface area contributed by atoms with E-state index in [1.165, 1.54) is 6.42 Å². The van der Waals surface area contributed by atoms with Gasteiger partial charge in [0.25, 0.3) is 0 Å². The van der Waals surface area contributed by atoms with Crippen molar-refractivity contribution in [2.24, 2.45) is 10.7 Å². The summed E-state index contributed by atoms with van der Waals surface area (Å²) in [7, 11) is 1.65. The highest BCUT2D eigenvalue weighted by molar-refractivity contribution is 5.77. The van der Waals surface area contributed by atoms with E-state index in [2.05, 4.69) is 15.3 Å². The Bertz CT molecular complexity index is 401. The summed E-state index contributed by atoms with van der Waals surface area (Å²) in [6, 6.07) is 3.87. The van der Waals surface area contributed by atoms with E-state index in [4.69, 9.17) is 10.5 Å². The largest absolute Gasteiger partial charge is 0.474 e. The highest BCUT2D eigenvalue weighted by Crippen LogP contribution is 2.24. The van der Waals surface area contributed by atoms with E-state index in [0.717, 1.165) is 18.4 Å². The van der Waals surface area contributed by atoms with Crippen LogP contribution in [0.1, 0.15) is 24.8 Å². The molecule has 0 radical (unpaired) electrons. The van der Waals surface area contributed by atoms with Crippen LogP contribution in [0.3, 0.4) is 0 Å². The second-order valence-electron chi connectivity index (χ2n) is 4.14. The summed E-state index contributed by atoms with van der Waals surface area (Å²) >= 11 is 0. The lowest BCUT2D eigenvalue weighted by molar-refractivity contribution is 0.114. The summed E-state index contributed by atoms with van der Waals surface area (Å²) in [6.45, 7) is 0.632. The van der Waals surface area contributed by atoms with Crippen molar-refractivity contribution in [3.63, 3.8) is 0 Å². The Morgan fingerprint density at radius 3 is 3.12 bits per heavy atom. The van der Waals surface area contributed by atoms with Gasteiger partial charge in [0.1, 0.15) is 6.10 Å². The van der Waals surface area contributed by atoms with Gasteiger partial charge >= 0.3 is 0 Å². The molecule has 0 saturated heterocycles. The van der Waals surface area contributed by atoms with E-state index in [9.17, 15) is 0 Å². The minimum Gasteiger partial charge on any atom is -0.474 e. The van der Waals surface area contributed by atoms with Gasteiger partial charge in [-0.3, -0.25) is 4.99 Å². The summed E-state index contributed by atoms with van der Waals surface area (Å²) < 4.78 is 5.72. The van der Waals surface area contributed by atoms with Gasteiger partial charge in [0, 0.05) is 25.9 Å². The number of nitrogens with two attached hydrogens (primary N) is 1. The minimum absolute atomic E-state index is 0.355. The van der Waals surface area contributed by atoms with E-state index in [1.807, 2.05) is 12.1 Å². The number of nitrogens with zero attached hydrogens (tertiary/aromatic N) is 2. The monoisotopic (exact) mass is 234 g/mol. The molecule has 1 aliphatic carbocycles. The van der Waals surface area contributed by atoms with Crippen LogP contribution < -0.4 is 15.8 Å². The Kier molecular flexibility index (Phi) is 3.80. The number of aromatic nitrogens is 1. The molecule has 1 heterocycles. The van der Waals surface area contributed by atoms with Gasteiger partial charge in [0.15, 0.2) is 5.96 Å². The van der Waals surface area contributed by atoms with E-state index < -0.39 is 0 Å². The van der Waals surface area contributed by atoms with Gasteiger partial charge in [-0.05, 0) is 30.9 Å². The molecular formula is C12H18N4O. The number of aliphatic imine (C=N–C) groups is 1. The Labute approximate surface area is 101 Å². The van der Waals surface area contributed by atoms with Crippen LogP contribution in [-0.2, 0) is 6.54 Å². The van der Waals surface area contributed by atoms with E-state index in [-0.39, 0.29) is 0 Å². The number of hydrogen-bond donors (Lipinski definition) is 2. The number of nitrogens with one attached hydrogen (secondary N) is 1. The first-order chi connectivity index (χ1) is 8.28. The smallest absolute Gasteiger partial charge is 0.213 e. The molecule has 0 bridgehead atoms. The molecular weight excluding hydrogens is 216 g/mol. The summed E-state index contributed by atoms with van der Waals surface area (Å²) in [5, 5.41) is 3.00. The molecule has 92 valence electrons. The zero-order valence-corrected chi connectivity index (χ0v) is 10.0. The van der Waals surface area contributed by atoms with Crippen molar-refractivity contribution in [3.8, 4) is 5.88 Å². The maximum atomic E-state index is 5.72. The first-order valence-electron chi connectivity index (χ1n) is 5.85. The fourth-order valence-corrected chi connectivity index (χ4v) is 1.56. The summed E-state index contributed by atoms with van der Waals surface area (Å²) in [5.74, 6) is 1.13. The third-order valence-electron chi connectivity index (χ3n) is 2.85. The van der Waals surface area contributed by atoms with E-state index in [1.54, 1.807) is 13.2 Å². The zero-order chi connectivity index (χ0) is 12.1. The van der Waals surface area contributed by atoms with Crippen LogP contribution in [0.2, 0.25) is 0 Å². The molecule has 0 aromatic carbocycles. The molecule has 5 nitrogen and oxygen atoms in total. The van der Waals surface area contributed by atoms with Gasteiger partial charge in [-0.15, -0.1) is 0 Å². The lowest BCUT2D eigenvalue weighted by Gasteiger charge is -2.25. The standard InChI is InChI=1S/C12H18N4O/c1-14-12(13)16-8-9-5-6-15-11(7-9)17-10-3-2-4-10/h5-7,10H,2-4,8H2,1H3,(H3,13,14,16). The molecule has 2 rings (SSSR count). The molecule has 0 spiro atoms. The van der Waals surface area contributed by atoms with Crippen LogP contribution in [0.15, 0.2) is 23.3 Å². The van der Waals surface area contributed by atoms with Gasteiger partial charge in [-0.25, -0.2) is 4.98 Å². The molecule has 0 atom stereocenters.